The zero-order valence-electron chi connectivity index (χ0n) is 17.2. The number of piperidine rings is 1. The fourth-order valence-electron chi connectivity index (χ4n) is 4.28. The number of nitrogens with one attached hydrogen (secondary N) is 1. The molecule has 0 aromatic heterocycles. The van der Waals surface area contributed by atoms with E-state index < -0.39 is 0 Å². The summed E-state index contributed by atoms with van der Waals surface area (Å²) in [6, 6.07) is 14.3. The molecule has 2 aromatic carbocycles. The van der Waals surface area contributed by atoms with Crippen molar-refractivity contribution in [3.8, 4) is 11.5 Å². The van der Waals surface area contributed by atoms with Crippen LogP contribution in [0.15, 0.2) is 48.0 Å². The number of carbonyl (C=O) groups is 1. The Morgan fingerprint density at radius 1 is 1.07 bits per heavy atom. The van der Waals surface area contributed by atoms with Gasteiger partial charge >= 0.3 is 0 Å². The Bertz CT molecular complexity index is 912. The molecular formula is C25H29NO3. The highest BCUT2D eigenvalue weighted by atomic mass is 16.5. The van der Waals surface area contributed by atoms with Crippen LogP contribution < -0.4 is 14.8 Å². The summed E-state index contributed by atoms with van der Waals surface area (Å²) in [5.74, 6) is 1.84. The van der Waals surface area contributed by atoms with Crippen molar-refractivity contribution < 1.29 is 14.3 Å². The number of hydrogen-bond acceptors (Lipinski definition) is 3. The molecule has 1 saturated heterocycles. The van der Waals surface area contributed by atoms with Crippen molar-refractivity contribution in [1.29, 1.82) is 0 Å². The van der Waals surface area contributed by atoms with Gasteiger partial charge in [-0.25, -0.2) is 0 Å². The molecule has 1 amide bonds. The number of ether oxygens (including phenoxy) is 2. The summed E-state index contributed by atoms with van der Waals surface area (Å²) in [5, 5.41) is 3.06. The number of amides is 1. The van der Waals surface area contributed by atoms with Crippen molar-refractivity contribution in [3.05, 3.63) is 64.7 Å². The van der Waals surface area contributed by atoms with Crippen LogP contribution in [0.1, 0.15) is 54.7 Å². The SMILES string of the molecule is COc1ccc([C@H]2CNC(=O)C(=Cc3ccccc3C)C2)cc1OC1CCCC1. The van der Waals surface area contributed by atoms with Gasteiger partial charge < -0.3 is 14.8 Å². The third-order valence-electron chi connectivity index (χ3n) is 6.04. The standard InChI is InChI=1S/C25H29NO3/c1-17-7-3-4-8-18(17)13-20-14-21(16-26-25(20)27)19-11-12-23(28-2)24(15-19)29-22-9-5-6-10-22/h3-4,7-8,11-13,15,21-22H,5-6,9-10,14,16H2,1-2H3,(H,26,27)/t21-/m1/s1. The maximum atomic E-state index is 12.5. The van der Waals surface area contributed by atoms with Gasteiger partial charge in [0.05, 0.1) is 13.2 Å². The van der Waals surface area contributed by atoms with E-state index in [0.717, 1.165) is 41.9 Å². The van der Waals surface area contributed by atoms with Crippen molar-refractivity contribution >= 4 is 12.0 Å². The molecule has 1 saturated carbocycles. The minimum absolute atomic E-state index is 0.0282. The van der Waals surface area contributed by atoms with Crippen molar-refractivity contribution in [2.24, 2.45) is 0 Å². The van der Waals surface area contributed by atoms with Gasteiger partial charge in [-0.05, 0) is 73.9 Å². The van der Waals surface area contributed by atoms with E-state index in [4.69, 9.17) is 9.47 Å². The molecule has 2 fully saturated rings. The first kappa shape index (κ1) is 19.6. The Morgan fingerprint density at radius 3 is 2.62 bits per heavy atom. The molecule has 0 radical (unpaired) electrons. The zero-order valence-corrected chi connectivity index (χ0v) is 17.2. The monoisotopic (exact) mass is 391 g/mol. The molecule has 1 N–H and O–H groups in total. The second kappa shape index (κ2) is 8.73. The van der Waals surface area contributed by atoms with E-state index in [2.05, 4.69) is 36.5 Å². The number of benzene rings is 2. The molecular weight excluding hydrogens is 362 g/mol. The van der Waals surface area contributed by atoms with E-state index >= 15 is 0 Å². The van der Waals surface area contributed by atoms with Crippen molar-refractivity contribution in [1.82, 2.24) is 5.32 Å². The number of carbonyl (C=O) groups excluding carboxylic acids is 1. The highest BCUT2D eigenvalue weighted by molar-refractivity contribution is 5.99. The number of rotatable bonds is 5. The minimum atomic E-state index is 0.0282. The summed E-state index contributed by atoms with van der Waals surface area (Å²) in [5.41, 5.74) is 4.27. The molecule has 1 atom stereocenters. The lowest BCUT2D eigenvalue weighted by molar-refractivity contribution is -0.118. The van der Waals surface area contributed by atoms with Gasteiger partial charge in [0.1, 0.15) is 0 Å². The highest BCUT2D eigenvalue weighted by Crippen LogP contribution is 2.36. The number of methoxy groups -OCH3 is 1. The van der Waals surface area contributed by atoms with Crippen LogP contribution in [0, 0.1) is 6.92 Å². The summed E-state index contributed by atoms with van der Waals surface area (Å²) >= 11 is 0. The van der Waals surface area contributed by atoms with Crippen LogP contribution in [0.3, 0.4) is 0 Å². The molecule has 4 nitrogen and oxygen atoms in total. The minimum Gasteiger partial charge on any atom is -0.493 e. The third kappa shape index (κ3) is 4.47. The molecule has 2 aromatic rings. The Morgan fingerprint density at radius 2 is 1.86 bits per heavy atom. The lowest BCUT2D eigenvalue weighted by Gasteiger charge is -2.26. The smallest absolute Gasteiger partial charge is 0.247 e. The van der Waals surface area contributed by atoms with Gasteiger partial charge in [0, 0.05) is 18.0 Å². The topological polar surface area (TPSA) is 47.6 Å². The maximum absolute atomic E-state index is 12.5. The van der Waals surface area contributed by atoms with E-state index in [-0.39, 0.29) is 17.9 Å². The van der Waals surface area contributed by atoms with E-state index in [1.54, 1.807) is 7.11 Å². The summed E-state index contributed by atoms with van der Waals surface area (Å²) in [6.07, 6.45) is 7.70. The Labute approximate surface area is 172 Å². The summed E-state index contributed by atoms with van der Waals surface area (Å²) in [6.45, 7) is 2.71. The van der Waals surface area contributed by atoms with E-state index in [0.29, 0.717) is 6.54 Å². The number of hydrogen-bond donors (Lipinski definition) is 1. The molecule has 4 heteroatoms. The normalized spacial score (nSPS) is 21.2. The van der Waals surface area contributed by atoms with Gasteiger partial charge in [0.25, 0.3) is 0 Å². The van der Waals surface area contributed by atoms with Crippen LogP contribution in [0.4, 0.5) is 0 Å². The summed E-state index contributed by atoms with van der Waals surface area (Å²) in [7, 11) is 1.68. The average Bonchev–Trinajstić information content (AvgIpc) is 3.24. The third-order valence-corrected chi connectivity index (χ3v) is 6.04. The fourth-order valence-corrected chi connectivity index (χ4v) is 4.28. The Kier molecular flexibility index (Phi) is 5.89. The lowest BCUT2D eigenvalue weighted by atomic mass is 9.87. The molecule has 0 spiro atoms. The lowest BCUT2D eigenvalue weighted by Crippen LogP contribution is -2.35. The molecule has 152 valence electrons. The predicted molar refractivity (Wildman–Crippen MR) is 115 cm³/mol. The van der Waals surface area contributed by atoms with Gasteiger partial charge in [-0.2, -0.15) is 0 Å². The predicted octanol–water partition coefficient (Wildman–Crippen LogP) is 5.01. The van der Waals surface area contributed by atoms with Crippen LogP contribution in [0.25, 0.3) is 6.08 Å². The van der Waals surface area contributed by atoms with Crippen LogP contribution in [-0.2, 0) is 4.79 Å². The summed E-state index contributed by atoms with van der Waals surface area (Å²) < 4.78 is 11.8. The van der Waals surface area contributed by atoms with Crippen molar-refractivity contribution in [2.45, 2.75) is 51.0 Å². The molecule has 1 aliphatic heterocycles. The van der Waals surface area contributed by atoms with Crippen LogP contribution in [-0.4, -0.2) is 25.7 Å². The van der Waals surface area contributed by atoms with Crippen molar-refractivity contribution in [3.63, 3.8) is 0 Å². The first-order chi connectivity index (χ1) is 14.1. The number of aryl methyl sites for hydroxylation is 1. The average molecular weight is 392 g/mol. The molecule has 4 rings (SSSR count). The molecule has 29 heavy (non-hydrogen) atoms. The maximum Gasteiger partial charge on any atom is 0.247 e. The van der Waals surface area contributed by atoms with Crippen LogP contribution in [0.2, 0.25) is 0 Å². The fraction of sp³-hybridized carbons (Fsp3) is 0.400. The Balaban J connectivity index is 1.57. The first-order valence-corrected chi connectivity index (χ1v) is 10.5. The molecule has 1 aliphatic carbocycles. The second-order valence-electron chi connectivity index (χ2n) is 8.07. The zero-order chi connectivity index (χ0) is 20.2. The van der Waals surface area contributed by atoms with E-state index in [1.165, 1.54) is 24.0 Å². The van der Waals surface area contributed by atoms with Gasteiger partial charge in [-0.3, -0.25) is 4.79 Å². The summed E-state index contributed by atoms with van der Waals surface area (Å²) in [4.78, 5) is 12.5. The largest absolute Gasteiger partial charge is 0.493 e. The molecule has 2 aliphatic rings. The molecule has 0 bridgehead atoms. The second-order valence-corrected chi connectivity index (χ2v) is 8.07. The van der Waals surface area contributed by atoms with E-state index in [1.807, 2.05) is 24.3 Å². The Hall–Kier alpha value is -2.75. The molecule has 1 heterocycles. The van der Waals surface area contributed by atoms with E-state index in [9.17, 15) is 4.79 Å². The van der Waals surface area contributed by atoms with Crippen LogP contribution >= 0.6 is 0 Å². The first-order valence-electron chi connectivity index (χ1n) is 10.5. The highest BCUT2D eigenvalue weighted by Gasteiger charge is 2.26. The van der Waals surface area contributed by atoms with Gasteiger partial charge in [0.15, 0.2) is 11.5 Å². The van der Waals surface area contributed by atoms with Gasteiger partial charge in [0.2, 0.25) is 5.91 Å². The quantitative estimate of drug-likeness (QED) is 0.729. The van der Waals surface area contributed by atoms with Gasteiger partial charge in [-0.1, -0.05) is 30.3 Å². The molecule has 0 unspecified atom stereocenters. The van der Waals surface area contributed by atoms with Crippen LogP contribution in [0.5, 0.6) is 11.5 Å². The van der Waals surface area contributed by atoms with Gasteiger partial charge in [-0.15, -0.1) is 0 Å². The van der Waals surface area contributed by atoms with Crippen molar-refractivity contribution in [2.75, 3.05) is 13.7 Å².